The van der Waals surface area contributed by atoms with Crippen LogP contribution >= 0.6 is 0 Å². The van der Waals surface area contributed by atoms with Gasteiger partial charge in [0.05, 0.1) is 0 Å². The molecule has 230 valence electrons. The summed E-state index contributed by atoms with van der Waals surface area (Å²) in [6, 6.07) is 16.5. The lowest BCUT2D eigenvalue weighted by atomic mass is 10.0. The van der Waals surface area contributed by atoms with Crippen LogP contribution in [0.25, 0.3) is 22.5 Å². The lowest BCUT2D eigenvalue weighted by molar-refractivity contribution is 0.184. The Balaban J connectivity index is 1.34. The van der Waals surface area contributed by atoms with Crippen molar-refractivity contribution in [2.75, 3.05) is 6.61 Å². The second kappa shape index (κ2) is 21.0. The lowest BCUT2D eigenvalue weighted by Gasteiger charge is -2.11. The van der Waals surface area contributed by atoms with E-state index in [0.29, 0.717) is 18.0 Å². The summed E-state index contributed by atoms with van der Waals surface area (Å²) in [5.41, 5.74) is 4.47. The van der Waals surface area contributed by atoms with Gasteiger partial charge in [-0.1, -0.05) is 134 Å². The Morgan fingerprint density at radius 1 is 0.571 bits per heavy atom. The molecule has 0 aliphatic rings. The lowest BCUT2D eigenvalue weighted by Crippen LogP contribution is -2.12. The largest absolute Gasteiger partial charge is 0.491 e. The van der Waals surface area contributed by atoms with Gasteiger partial charge in [-0.25, -0.2) is 14.4 Å². The van der Waals surface area contributed by atoms with E-state index in [1.54, 1.807) is 0 Å². The van der Waals surface area contributed by atoms with Crippen molar-refractivity contribution in [1.82, 2.24) is 9.97 Å². The van der Waals surface area contributed by atoms with Gasteiger partial charge in [-0.05, 0) is 54.7 Å². The highest BCUT2D eigenvalue weighted by atomic mass is 19.1. The highest BCUT2D eigenvalue weighted by Gasteiger charge is 2.09. The quantitative estimate of drug-likeness (QED) is 0.106. The molecule has 2 aromatic carbocycles. The Morgan fingerprint density at radius 3 is 1.64 bits per heavy atom. The number of nitrogens with zero attached hydrogens (tertiary/aromatic N) is 2. The zero-order valence-electron chi connectivity index (χ0n) is 26.5. The Morgan fingerprint density at radius 2 is 1.07 bits per heavy atom. The maximum absolute atomic E-state index is 14.3. The molecule has 0 radical (unpaired) electrons. The molecule has 3 nitrogen and oxygen atoms in total. The number of alkyl halides is 1. The fourth-order valence-electron chi connectivity index (χ4n) is 5.42. The van der Waals surface area contributed by atoms with Crippen LogP contribution in [0, 0.1) is 0 Å². The van der Waals surface area contributed by atoms with Crippen molar-refractivity contribution in [2.24, 2.45) is 0 Å². The van der Waals surface area contributed by atoms with Crippen molar-refractivity contribution in [3.05, 3.63) is 66.5 Å². The Labute approximate surface area is 255 Å². The Hall–Kier alpha value is -2.75. The third-order valence-electron chi connectivity index (χ3n) is 8.17. The van der Waals surface area contributed by atoms with Crippen LogP contribution in [0.15, 0.2) is 60.9 Å². The van der Waals surface area contributed by atoms with Gasteiger partial charge < -0.3 is 4.74 Å². The van der Waals surface area contributed by atoms with E-state index < -0.39 is 6.17 Å². The van der Waals surface area contributed by atoms with Crippen molar-refractivity contribution in [3.8, 4) is 28.3 Å². The fraction of sp³-hybridized carbons (Fsp3) is 0.579. The van der Waals surface area contributed by atoms with E-state index in [4.69, 9.17) is 4.74 Å². The minimum Gasteiger partial charge on any atom is -0.491 e. The minimum atomic E-state index is -0.917. The summed E-state index contributed by atoms with van der Waals surface area (Å²) in [7, 11) is 0. The molecule has 0 spiro atoms. The number of ether oxygens (including phenoxy) is 1. The number of hydrogen-bond acceptors (Lipinski definition) is 3. The third-order valence-corrected chi connectivity index (χ3v) is 8.17. The third kappa shape index (κ3) is 13.5. The van der Waals surface area contributed by atoms with Crippen LogP contribution in [0.4, 0.5) is 4.39 Å². The zero-order chi connectivity index (χ0) is 29.7. The van der Waals surface area contributed by atoms with Crippen LogP contribution in [-0.4, -0.2) is 22.7 Å². The van der Waals surface area contributed by atoms with Crippen molar-refractivity contribution >= 4 is 0 Å². The molecule has 1 atom stereocenters. The first-order valence-corrected chi connectivity index (χ1v) is 17.0. The molecule has 3 aromatic rings. The van der Waals surface area contributed by atoms with Crippen LogP contribution in [-0.2, 0) is 6.42 Å². The molecule has 0 saturated heterocycles. The second-order valence-electron chi connectivity index (χ2n) is 11.9. The van der Waals surface area contributed by atoms with Crippen molar-refractivity contribution in [2.45, 2.75) is 136 Å². The number of hydrogen-bond donors (Lipinski definition) is 0. The number of benzene rings is 2. The normalized spacial score (nSPS) is 12.0. The van der Waals surface area contributed by atoms with Gasteiger partial charge >= 0.3 is 0 Å². The molecule has 0 aliphatic heterocycles. The topological polar surface area (TPSA) is 35.0 Å². The number of aromatic nitrogens is 2. The highest BCUT2D eigenvalue weighted by Crippen LogP contribution is 2.24. The molecule has 0 N–H and O–H groups in total. The minimum absolute atomic E-state index is 0.110. The zero-order valence-corrected chi connectivity index (χ0v) is 26.5. The summed E-state index contributed by atoms with van der Waals surface area (Å²) in [6.45, 7) is 4.62. The van der Waals surface area contributed by atoms with E-state index in [-0.39, 0.29) is 6.61 Å². The summed E-state index contributed by atoms with van der Waals surface area (Å²) < 4.78 is 20.0. The van der Waals surface area contributed by atoms with E-state index in [2.05, 4.69) is 48.1 Å². The number of halogens is 1. The number of unbranched alkanes of at least 4 members (excludes halogenated alkanes) is 14. The van der Waals surface area contributed by atoms with E-state index in [0.717, 1.165) is 36.0 Å². The molecule has 0 aliphatic carbocycles. The monoisotopic (exact) mass is 574 g/mol. The van der Waals surface area contributed by atoms with Crippen molar-refractivity contribution in [1.29, 1.82) is 0 Å². The van der Waals surface area contributed by atoms with Crippen LogP contribution in [0.2, 0.25) is 0 Å². The maximum Gasteiger partial charge on any atom is 0.159 e. The number of aryl methyl sites for hydroxylation is 1. The van der Waals surface area contributed by atoms with Crippen LogP contribution in [0.3, 0.4) is 0 Å². The molecule has 1 heterocycles. The Kier molecular flexibility index (Phi) is 16.9. The van der Waals surface area contributed by atoms with Crippen LogP contribution in [0.5, 0.6) is 5.75 Å². The maximum atomic E-state index is 14.3. The van der Waals surface area contributed by atoms with Gasteiger partial charge in [0.2, 0.25) is 0 Å². The molecule has 0 amide bonds. The molecular weight excluding hydrogens is 519 g/mol. The summed E-state index contributed by atoms with van der Waals surface area (Å²) >= 11 is 0. The van der Waals surface area contributed by atoms with Gasteiger partial charge in [-0.3, -0.25) is 0 Å². The SMILES string of the molecule is CCCCCCCCCCc1ccc(-c2cnc(-c3ccc(OCC(F)CCCCCCCCCC)cc3)nc2)cc1. The van der Waals surface area contributed by atoms with Crippen LogP contribution < -0.4 is 4.74 Å². The average Bonchev–Trinajstić information content (AvgIpc) is 3.03. The summed E-state index contributed by atoms with van der Waals surface area (Å²) in [5.74, 6) is 1.36. The first-order valence-electron chi connectivity index (χ1n) is 17.0. The predicted octanol–water partition coefficient (Wildman–Crippen LogP) is 11.7. The predicted molar refractivity (Wildman–Crippen MR) is 177 cm³/mol. The van der Waals surface area contributed by atoms with Crippen molar-refractivity contribution in [3.63, 3.8) is 0 Å². The molecule has 4 heteroatoms. The molecule has 1 aromatic heterocycles. The number of rotatable bonds is 23. The van der Waals surface area contributed by atoms with E-state index in [1.165, 1.54) is 95.5 Å². The smallest absolute Gasteiger partial charge is 0.159 e. The van der Waals surface area contributed by atoms with Gasteiger partial charge in [0.25, 0.3) is 0 Å². The molecule has 1 unspecified atom stereocenters. The first-order chi connectivity index (χ1) is 20.7. The first kappa shape index (κ1) is 33.7. The molecule has 0 bridgehead atoms. The fourth-order valence-corrected chi connectivity index (χ4v) is 5.42. The van der Waals surface area contributed by atoms with Gasteiger partial charge in [0, 0.05) is 23.5 Å². The summed E-state index contributed by atoms with van der Waals surface area (Å²) in [5, 5.41) is 0. The van der Waals surface area contributed by atoms with Gasteiger partial charge in [0.15, 0.2) is 5.82 Å². The van der Waals surface area contributed by atoms with Crippen molar-refractivity contribution < 1.29 is 9.13 Å². The molecular formula is C38H55FN2O. The van der Waals surface area contributed by atoms with Crippen LogP contribution in [0.1, 0.15) is 129 Å². The highest BCUT2D eigenvalue weighted by molar-refractivity contribution is 5.64. The molecule has 0 saturated carbocycles. The summed E-state index contributed by atoms with van der Waals surface area (Å²) in [6.07, 6.45) is 25.2. The Bertz CT molecular complexity index is 1070. The standard InChI is InChI=1S/C38H55FN2O/c1-3-5-7-9-11-13-15-17-19-32-21-23-33(24-22-32)35-29-40-38(41-30-35)34-25-27-37(28-26-34)42-31-36(39)20-18-16-14-12-10-8-6-4-2/h21-30,36H,3-20,31H2,1-2H3. The van der Waals surface area contributed by atoms with Gasteiger partial charge in [0.1, 0.15) is 18.5 Å². The second-order valence-corrected chi connectivity index (χ2v) is 11.9. The molecule has 3 rings (SSSR count). The molecule has 0 fully saturated rings. The molecule has 42 heavy (non-hydrogen) atoms. The average molecular weight is 575 g/mol. The van der Waals surface area contributed by atoms with E-state index in [9.17, 15) is 4.39 Å². The van der Waals surface area contributed by atoms with E-state index in [1.807, 2.05) is 36.7 Å². The summed E-state index contributed by atoms with van der Waals surface area (Å²) in [4.78, 5) is 9.21. The van der Waals surface area contributed by atoms with Gasteiger partial charge in [-0.15, -0.1) is 0 Å². The van der Waals surface area contributed by atoms with Gasteiger partial charge in [-0.2, -0.15) is 0 Å². The van der Waals surface area contributed by atoms with E-state index >= 15 is 0 Å².